The third-order valence-electron chi connectivity index (χ3n) is 8.64. The maximum absolute atomic E-state index is 13.1. The highest BCUT2D eigenvalue weighted by atomic mass is 32.1. The van der Waals surface area contributed by atoms with Crippen molar-refractivity contribution in [2.75, 3.05) is 44.4 Å². The Balaban J connectivity index is 1.73. The number of esters is 2. The third-order valence-corrected chi connectivity index (χ3v) is 9.14. The largest absolute Gasteiger partial charge is 0.470 e. The summed E-state index contributed by atoms with van der Waals surface area (Å²) in [5, 5.41) is 0. The molecule has 2 rings (SSSR count). The van der Waals surface area contributed by atoms with Crippen LogP contribution >= 0.6 is 11.7 Å². The summed E-state index contributed by atoms with van der Waals surface area (Å²) < 4.78 is 31.3. The van der Waals surface area contributed by atoms with Gasteiger partial charge >= 0.3 is 11.9 Å². The highest BCUT2D eigenvalue weighted by Gasteiger charge is 2.31. The molecule has 0 radical (unpaired) electrons. The summed E-state index contributed by atoms with van der Waals surface area (Å²) in [6, 6.07) is 0. The van der Waals surface area contributed by atoms with Crippen LogP contribution in [0.2, 0.25) is 0 Å². The second-order valence-corrected chi connectivity index (χ2v) is 14.5. The fourth-order valence-electron chi connectivity index (χ4n) is 5.81. The number of unbranched alkanes of at least 4 members (excludes halogenated alkanes) is 14. The maximum atomic E-state index is 13.1. The SMILES string of the molecule is CCCCCCCCCCCCCCCCCC(=O)O[C@@H](C)C(=O)O[C@H](COc1nsnc1N1CCOCC1)CN(C(C)=O)C(C)(C)C. The first-order valence-corrected chi connectivity index (χ1v) is 19.2. The van der Waals surface area contributed by atoms with Crippen LogP contribution in [0.25, 0.3) is 0 Å². The van der Waals surface area contributed by atoms with Gasteiger partial charge in [-0.15, -0.1) is 4.37 Å². The highest BCUT2D eigenvalue weighted by molar-refractivity contribution is 6.99. The Kier molecular flexibility index (Phi) is 20.7. The minimum atomic E-state index is -1.08. The first kappa shape index (κ1) is 41.7. The Hall–Kier alpha value is -2.47. The predicted octanol–water partition coefficient (Wildman–Crippen LogP) is 7.51. The van der Waals surface area contributed by atoms with Crippen LogP contribution in [-0.2, 0) is 28.6 Å². The normalized spacial score (nSPS) is 14.8. The number of rotatable bonds is 25. The quantitative estimate of drug-likeness (QED) is 0.0751. The lowest BCUT2D eigenvalue weighted by Crippen LogP contribution is -2.50. The molecular weight excluding hydrogens is 632 g/mol. The Morgan fingerprint density at radius 2 is 1.40 bits per heavy atom. The molecule has 0 unspecified atom stereocenters. The maximum Gasteiger partial charge on any atom is 0.347 e. The number of hydrogen-bond acceptors (Lipinski definition) is 11. The minimum Gasteiger partial charge on any atom is -0.470 e. The molecule has 0 N–H and O–H groups in total. The fraction of sp³-hybridized carbons (Fsp3) is 0.861. The molecule has 0 aromatic carbocycles. The lowest BCUT2D eigenvalue weighted by molar-refractivity contribution is -0.173. The first-order chi connectivity index (χ1) is 23.0. The van der Waals surface area contributed by atoms with Crippen molar-refractivity contribution in [3.63, 3.8) is 0 Å². The van der Waals surface area contributed by atoms with Crippen LogP contribution < -0.4 is 9.64 Å². The molecule has 0 bridgehead atoms. The van der Waals surface area contributed by atoms with Crippen LogP contribution in [0.1, 0.15) is 144 Å². The monoisotopic (exact) mass is 696 g/mol. The van der Waals surface area contributed by atoms with Crippen molar-refractivity contribution >= 4 is 35.4 Å². The molecule has 12 heteroatoms. The molecule has 276 valence electrons. The van der Waals surface area contributed by atoms with Crippen molar-refractivity contribution in [2.45, 2.75) is 162 Å². The van der Waals surface area contributed by atoms with Crippen molar-refractivity contribution in [1.82, 2.24) is 13.6 Å². The summed E-state index contributed by atoms with van der Waals surface area (Å²) in [7, 11) is 0. The highest BCUT2D eigenvalue weighted by Crippen LogP contribution is 2.27. The molecule has 1 amide bonds. The van der Waals surface area contributed by atoms with E-state index in [1.165, 1.54) is 90.9 Å². The van der Waals surface area contributed by atoms with E-state index in [9.17, 15) is 14.4 Å². The van der Waals surface area contributed by atoms with E-state index in [1.54, 1.807) is 4.90 Å². The van der Waals surface area contributed by atoms with E-state index in [0.717, 1.165) is 31.0 Å². The van der Waals surface area contributed by atoms with Crippen molar-refractivity contribution in [2.24, 2.45) is 0 Å². The number of amides is 1. The Morgan fingerprint density at radius 3 is 1.92 bits per heavy atom. The van der Waals surface area contributed by atoms with Crippen molar-refractivity contribution < 1.29 is 33.3 Å². The van der Waals surface area contributed by atoms with Gasteiger partial charge in [-0.1, -0.05) is 96.8 Å². The number of ether oxygens (including phenoxy) is 4. The van der Waals surface area contributed by atoms with Crippen molar-refractivity contribution in [3.05, 3.63) is 0 Å². The number of carbonyl (C=O) groups is 3. The smallest absolute Gasteiger partial charge is 0.347 e. The standard InChI is InChI=1S/C36H64N4O7S/c1-7-8-9-10-11-12-13-14-15-16-17-18-19-20-21-22-32(42)46-29(2)35(43)47-31(27-40(30(3)41)36(4,5)6)28-45-34-33(37-48-38-34)39-23-25-44-26-24-39/h29,31H,7-28H2,1-6H3/t29-,31-/m0/s1. The van der Waals surface area contributed by atoms with Gasteiger partial charge in [0.2, 0.25) is 11.7 Å². The van der Waals surface area contributed by atoms with Crippen molar-refractivity contribution in [1.29, 1.82) is 0 Å². The molecule has 0 spiro atoms. The Morgan fingerprint density at radius 1 is 0.854 bits per heavy atom. The molecule has 1 aliphatic rings. The zero-order valence-corrected chi connectivity index (χ0v) is 31.6. The van der Waals surface area contributed by atoms with Gasteiger partial charge in [0.25, 0.3) is 5.88 Å². The molecular formula is C36H64N4O7S. The molecule has 48 heavy (non-hydrogen) atoms. The van der Waals surface area contributed by atoms with Crippen LogP contribution in [0.5, 0.6) is 5.88 Å². The molecule has 1 fully saturated rings. The van der Waals surface area contributed by atoms with Gasteiger partial charge in [0.05, 0.1) is 31.5 Å². The summed E-state index contributed by atoms with van der Waals surface area (Å²) >= 11 is 1.04. The topological polar surface area (TPSA) is 120 Å². The van der Waals surface area contributed by atoms with E-state index in [2.05, 4.69) is 15.7 Å². The van der Waals surface area contributed by atoms with Gasteiger partial charge < -0.3 is 28.7 Å². The summed E-state index contributed by atoms with van der Waals surface area (Å²) in [5.74, 6) is -0.290. The van der Waals surface area contributed by atoms with E-state index in [1.807, 2.05) is 25.7 Å². The van der Waals surface area contributed by atoms with Gasteiger partial charge in [-0.3, -0.25) is 9.59 Å². The van der Waals surface area contributed by atoms with E-state index in [4.69, 9.17) is 18.9 Å². The number of carbonyl (C=O) groups excluding carboxylic acids is 3. The number of anilines is 1. The van der Waals surface area contributed by atoms with Crippen LogP contribution in [-0.4, -0.2) is 88.7 Å². The van der Waals surface area contributed by atoms with Gasteiger partial charge in [-0.2, -0.15) is 4.37 Å². The third kappa shape index (κ3) is 17.3. The molecule has 0 aliphatic carbocycles. The summed E-state index contributed by atoms with van der Waals surface area (Å²) in [4.78, 5) is 41.8. The minimum absolute atomic E-state index is 0.0475. The molecule has 1 aromatic heterocycles. The van der Waals surface area contributed by atoms with E-state index in [-0.39, 0.29) is 25.5 Å². The molecule has 0 saturated carbocycles. The molecule has 11 nitrogen and oxygen atoms in total. The Labute approximate surface area is 294 Å². The van der Waals surface area contributed by atoms with E-state index >= 15 is 0 Å². The van der Waals surface area contributed by atoms with Crippen LogP contribution in [0.3, 0.4) is 0 Å². The molecule has 1 aliphatic heterocycles. The summed E-state index contributed by atoms with van der Waals surface area (Å²) in [5.41, 5.74) is -0.511. The zero-order valence-electron chi connectivity index (χ0n) is 30.8. The van der Waals surface area contributed by atoms with Crippen LogP contribution in [0.4, 0.5) is 5.82 Å². The summed E-state index contributed by atoms with van der Waals surface area (Å²) in [6.45, 7) is 13.6. The zero-order chi connectivity index (χ0) is 35.2. The van der Waals surface area contributed by atoms with Crippen molar-refractivity contribution in [3.8, 4) is 5.88 Å². The number of aromatic nitrogens is 2. The van der Waals surface area contributed by atoms with Crippen LogP contribution in [0.15, 0.2) is 0 Å². The number of morpholine rings is 1. The molecule has 1 saturated heterocycles. The average molecular weight is 697 g/mol. The average Bonchev–Trinajstić information content (AvgIpc) is 3.52. The molecule has 1 aromatic rings. The lowest BCUT2D eigenvalue weighted by Gasteiger charge is -2.37. The van der Waals surface area contributed by atoms with E-state index < -0.39 is 29.7 Å². The van der Waals surface area contributed by atoms with Gasteiger partial charge in [0.1, 0.15) is 6.61 Å². The van der Waals surface area contributed by atoms with Gasteiger partial charge in [-0.25, -0.2) is 4.79 Å². The van der Waals surface area contributed by atoms with E-state index in [0.29, 0.717) is 38.0 Å². The molecule has 2 atom stereocenters. The predicted molar refractivity (Wildman–Crippen MR) is 191 cm³/mol. The van der Waals surface area contributed by atoms with Gasteiger partial charge in [-0.05, 0) is 34.1 Å². The second kappa shape index (κ2) is 23.8. The number of nitrogens with zero attached hydrogens (tertiary/aromatic N) is 4. The Bertz CT molecular complexity index is 1040. The fourth-order valence-corrected chi connectivity index (χ4v) is 6.33. The second-order valence-electron chi connectivity index (χ2n) is 14.0. The van der Waals surface area contributed by atoms with Gasteiger partial charge in [0.15, 0.2) is 12.2 Å². The van der Waals surface area contributed by atoms with Crippen LogP contribution in [0, 0.1) is 0 Å². The summed E-state index contributed by atoms with van der Waals surface area (Å²) in [6.07, 6.45) is 17.2. The molecule has 2 heterocycles. The lowest BCUT2D eigenvalue weighted by atomic mass is 10.0. The first-order valence-electron chi connectivity index (χ1n) is 18.5. The number of hydrogen-bond donors (Lipinski definition) is 0. The van der Waals surface area contributed by atoms with Gasteiger partial charge in [0, 0.05) is 32.0 Å².